The number of aromatic amines is 1. The van der Waals surface area contributed by atoms with E-state index in [1.807, 2.05) is 60.7 Å². The second-order valence-corrected chi connectivity index (χ2v) is 7.70. The lowest BCUT2D eigenvalue weighted by molar-refractivity contribution is -0.116. The third kappa shape index (κ3) is 6.51. The van der Waals surface area contributed by atoms with Gasteiger partial charge < -0.3 is 10.6 Å². The average Bonchev–Trinajstić information content (AvgIpc) is 2.82. The van der Waals surface area contributed by atoms with Gasteiger partial charge in [0, 0.05) is 29.6 Å². The van der Waals surface area contributed by atoms with Gasteiger partial charge in [-0.1, -0.05) is 60.7 Å². The number of rotatable bonds is 9. The van der Waals surface area contributed by atoms with E-state index in [-0.39, 0.29) is 23.9 Å². The van der Waals surface area contributed by atoms with E-state index in [1.54, 1.807) is 6.07 Å². The van der Waals surface area contributed by atoms with Gasteiger partial charge in [-0.15, -0.1) is 12.4 Å². The molecule has 0 aliphatic rings. The van der Waals surface area contributed by atoms with Gasteiger partial charge in [-0.25, -0.2) is 5.10 Å². The molecular formula is C26H27ClN4O2. The number of hydrogen-bond donors (Lipinski definition) is 3. The Morgan fingerprint density at radius 1 is 0.879 bits per heavy atom. The number of halogens is 1. The molecule has 3 aromatic carbocycles. The summed E-state index contributed by atoms with van der Waals surface area (Å²) in [7, 11) is 0. The first-order chi connectivity index (χ1) is 15.7. The van der Waals surface area contributed by atoms with Crippen molar-refractivity contribution in [2.24, 2.45) is 0 Å². The molecule has 0 aliphatic carbocycles. The van der Waals surface area contributed by atoms with Crippen molar-refractivity contribution in [2.75, 3.05) is 11.9 Å². The highest BCUT2D eigenvalue weighted by Gasteiger charge is 2.10. The highest BCUT2D eigenvalue weighted by atomic mass is 35.5. The molecule has 170 valence electrons. The Morgan fingerprint density at radius 3 is 2.45 bits per heavy atom. The molecule has 1 amide bonds. The van der Waals surface area contributed by atoms with Crippen LogP contribution in [0.25, 0.3) is 22.0 Å². The molecule has 0 atom stereocenters. The number of hydrogen-bond acceptors (Lipinski definition) is 4. The lowest BCUT2D eigenvalue weighted by atomic mass is 10.0. The minimum Gasteiger partial charge on any atom is -0.326 e. The third-order valence-corrected chi connectivity index (χ3v) is 5.30. The van der Waals surface area contributed by atoms with E-state index in [2.05, 4.69) is 33.0 Å². The van der Waals surface area contributed by atoms with E-state index < -0.39 is 0 Å². The maximum atomic E-state index is 12.4. The number of fused-ring (bicyclic) bond motifs is 1. The molecule has 4 rings (SSSR count). The number of nitrogens with one attached hydrogen (secondary N) is 3. The lowest BCUT2D eigenvalue weighted by Gasteiger charge is -2.09. The van der Waals surface area contributed by atoms with Crippen LogP contribution in [-0.2, 0) is 11.3 Å². The Bertz CT molecular complexity index is 1260. The van der Waals surface area contributed by atoms with Crippen LogP contribution in [0.3, 0.4) is 0 Å². The summed E-state index contributed by atoms with van der Waals surface area (Å²) < 4.78 is 0. The first kappa shape index (κ1) is 24.2. The van der Waals surface area contributed by atoms with Crippen LogP contribution in [0.1, 0.15) is 24.8 Å². The van der Waals surface area contributed by atoms with Gasteiger partial charge in [-0.3, -0.25) is 9.59 Å². The summed E-state index contributed by atoms with van der Waals surface area (Å²) in [5, 5.41) is 14.5. The Labute approximate surface area is 198 Å². The van der Waals surface area contributed by atoms with Crippen molar-refractivity contribution in [1.29, 1.82) is 0 Å². The van der Waals surface area contributed by atoms with Crippen LogP contribution < -0.4 is 16.2 Å². The predicted octanol–water partition coefficient (Wildman–Crippen LogP) is 4.91. The minimum atomic E-state index is -0.216. The SMILES string of the molecule is Cl.O=C(CCCCNCc1ccccc1)Nc1cccc(-c2n[nH]c(=O)c3ccccc23)c1. The quantitative estimate of drug-likeness (QED) is 0.308. The summed E-state index contributed by atoms with van der Waals surface area (Å²) in [6.07, 6.45) is 2.23. The number of aromatic nitrogens is 2. The number of amides is 1. The van der Waals surface area contributed by atoms with Crippen molar-refractivity contribution in [1.82, 2.24) is 15.5 Å². The minimum absolute atomic E-state index is 0. The van der Waals surface area contributed by atoms with E-state index in [0.29, 0.717) is 23.2 Å². The van der Waals surface area contributed by atoms with Gasteiger partial charge in [0.25, 0.3) is 5.56 Å². The van der Waals surface area contributed by atoms with E-state index in [0.717, 1.165) is 36.9 Å². The number of carbonyl (C=O) groups excluding carboxylic acids is 1. The molecule has 0 radical (unpaired) electrons. The zero-order chi connectivity index (χ0) is 22.2. The first-order valence-electron chi connectivity index (χ1n) is 10.8. The zero-order valence-electron chi connectivity index (χ0n) is 18.2. The molecule has 33 heavy (non-hydrogen) atoms. The molecule has 0 saturated heterocycles. The van der Waals surface area contributed by atoms with Gasteiger partial charge in [0.15, 0.2) is 0 Å². The second kappa shape index (κ2) is 11.9. The summed E-state index contributed by atoms with van der Waals surface area (Å²) in [4.78, 5) is 24.4. The van der Waals surface area contributed by atoms with Gasteiger partial charge in [-0.05, 0) is 43.1 Å². The first-order valence-corrected chi connectivity index (χ1v) is 10.8. The molecule has 0 fully saturated rings. The number of nitrogens with zero attached hydrogens (tertiary/aromatic N) is 1. The molecule has 7 heteroatoms. The van der Waals surface area contributed by atoms with Crippen molar-refractivity contribution >= 4 is 34.8 Å². The van der Waals surface area contributed by atoms with Gasteiger partial charge in [0.1, 0.15) is 0 Å². The molecule has 0 spiro atoms. The molecular weight excluding hydrogens is 436 g/mol. The van der Waals surface area contributed by atoms with Crippen LogP contribution in [0.4, 0.5) is 5.69 Å². The molecule has 1 heterocycles. The standard InChI is InChI=1S/C26H26N4O2.ClH/c31-24(15-6-7-16-27-18-19-9-2-1-3-10-19)28-21-12-8-11-20(17-21)25-22-13-4-5-14-23(22)26(32)30-29-25;/h1-5,8-14,17,27H,6-7,15-16,18H2,(H,28,31)(H,30,32);1H. The Hall–Kier alpha value is -3.48. The summed E-state index contributed by atoms with van der Waals surface area (Å²) in [6.45, 7) is 1.72. The normalized spacial score (nSPS) is 10.5. The fraction of sp³-hybridized carbons (Fsp3) is 0.192. The summed E-state index contributed by atoms with van der Waals surface area (Å²) >= 11 is 0. The van der Waals surface area contributed by atoms with Crippen molar-refractivity contribution in [2.45, 2.75) is 25.8 Å². The van der Waals surface area contributed by atoms with Crippen LogP contribution in [0.2, 0.25) is 0 Å². The topological polar surface area (TPSA) is 86.9 Å². The Kier molecular flexibility index (Phi) is 8.75. The fourth-order valence-corrected chi connectivity index (χ4v) is 3.67. The van der Waals surface area contributed by atoms with Gasteiger partial charge in [0.2, 0.25) is 5.91 Å². The van der Waals surface area contributed by atoms with E-state index in [9.17, 15) is 9.59 Å². The van der Waals surface area contributed by atoms with Gasteiger partial charge in [-0.2, -0.15) is 5.10 Å². The van der Waals surface area contributed by atoms with E-state index >= 15 is 0 Å². The van der Waals surface area contributed by atoms with Crippen molar-refractivity contribution in [3.8, 4) is 11.3 Å². The molecule has 0 saturated carbocycles. The average molecular weight is 463 g/mol. The predicted molar refractivity (Wildman–Crippen MR) is 136 cm³/mol. The van der Waals surface area contributed by atoms with Crippen molar-refractivity contribution in [3.05, 3.63) is 94.8 Å². The maximum Gasteiger partial charge on any atom is 0.272 e. The molecule has 0 unspecified atom stereocenters. The molecule has 0 aliphatic heterocycles. The van der Waals surface area contributed by atoms with E-state index in [4.69, 9.17) is 0 Å². The Balaban J connectivity index is 0.00000306. The molecule has 6 nitrogen and oxygen atoms in total. The molecule has 4 aromatic rings. The number of carbonyl (C=O) groups is 1. The van der Waals surface area contributed by atoms with Crippen LogP contribution in [0.5, 0.6) is 0 Å². The zero-order valence-corrected chi connectivity index (χ0v) is 19.0. The summed E-state index contributed by atoms with van der Waals surface area (Å²) in [5.41, 5.74) is 3.27. The molecule has 0 bridgehead atoms. The highest BCUT2D eigenvalue weighted by molar-refractivity contribution is 5.95. The van der Waals surface area contributed by atoms with Crippen molar-refractivity contribution in [3.63, 3.8) is 0 Å². The number of H-pyrrole nitrogens is 1. The summed E-state index contributed by atoms with van der Waals surface area (Å²) in [6, 6.07) is 25.2. The van der Waals surface area contributed by atoms with Crippen LogP contribution in [-0.4, -0.2) is 22.6 Å². The smallest absolute Gasteiger partial charge is 0.272 e. The molecule has 1 aromatic heterocycles. The number of anilines is 1. The second-order valence-electron chi connectivity index (χ2n) is 7.70. The Morgan fingerprint density at radius 2 is 1.64 bits per heavy atom. The number of benzene rings is 3. The third-order valence-electron chi connectivity index (χ3n) is 5.30. The van der Waals surface area contributed by atoms with Crippen LogP contribution in [0.15, 0.2) is 83.7 Å². The highest BCUT2D eigenvalue weighted by Crippen LogP contribution is 2.26. The monoisotopic (exact) mass is 462 g/mol. The number of unbranched alkanes of at least 4 members (excludes halogenated alkanes) is 1. The van der Waals surface area contributed by atoms with Crippen LogP contribution in [0, 0.1) is 0 Å². The lowest BCUT2D eigenvalue weighted by Crippen LogP contribution is -2.16. The fourth-order valence-electron chi connectivity index (χ4n) is 3.67. The van der Waals surface area contributed by atoms with Gasteiger partial charge >= 0.3 is 0 Å². The molecule has 3 N–H and O–H groups in total. The maximum absolute atomic E-state index is 12.4. The van der Waals surface area contributed by atoms with Crippen molar-refractivity contribution < 1.29 is 4.79 Å². The largest absolute Gasteiger partial charge is 0.326 e. The van der Waals surface area contributed by atoms with E-state index in [1.165, 1.54) is 5.56 Å². The summed E-state index contributed by atoms with van der Waals surface area (Å²) in [5.74, 6) is -0.00973. The van der Waals surface area contributed by atoms with Gasteiger partial charge in [0.05, 0.1) is 11.1 Å². The van der Waals surface area contributed by atoms with Crippen LogP contribution >= 0.6 is 12.4 Å².